The van der Waals surface area contributed by atoms with Gasteiger partial charge in [0.25, 0.3) is 0 Å². The maximum Gasteiger partial charge on any atom is 0.156 e. The van der Waals surface area contributed by atoms with Crippen molar-refractivity contribution in [2.45, 2.75) is 27.2 Å². The third-order valence-corrected chi connectivity index (χ3v) is 3.12. The summed E-state index contributed by atoms with van der Waals surface area (Å²) in [5.74, 6) is 1.07. The number of carbonyl (C=O) groups is 1. The maximum atomic E-state index is 11.0. The van der Waals surface area contributed by atoms with Gasteiger partial charge in [0.15, 0.2) is 6.29 Å². The van der Waals surface area contributed by atoms with Crippen LogP contribution in [0.25, 0.3) is 0 Å². The number of hydrogen-bond acceptors (Lipinski definition) is 5. The largest absolute Gasteiger partial charge is 0.368 e. The Balaban J connectivity index is 2.64. The molecule has 0 aliphatic rings. The van der Waals surface area contributed by atoms with Crippen molar-refractivity contribution in [1.82, 2.24) is 14.9 Å². The third kappa shape index (κ3) is 4.76. The molecule has 106 valence electrons. The standard InChI is InChI=1S/C13H21ClN4O/c1-4-7-18(5-2)8-6-15-13-11(9-19)12(14)16-10(3)17-13/h9H,4-8H2,1-3H3,(H,15,16,17). The van der Waals surface area contributed by atoms with Gasteiger partial charge < -0.3 is 10.2 Å². The van der Waals surface area contributed by atoms with Crippen LogP contribution in [0.15, 0.2) is 0 Å². The average Bonchev–Trinajstić information content (AvgIpc) is 2.37. The Labute approximate surface area is 119 Å². The fraction of sp³-hybridized carbons (Fsp3) is 0.615. The lowest BCUT2D eigenvalue weighted by Crippen LogP contribution is -2.30. The van der Waals surface area contributed by atoms with Crippen LogP contribution >= 0.6 is 11.6 Å². The van der Waals surface area contributed by atoms with Gasteiger partial charge in [-0.3, -0.25) is 4.79 Å². The van der Waals surface area contributed by atoms with E-state index in [0.717, 1.165) is 32.6 Å². The van der Waals surface area contributed by atoms with Crippen molar-refractivity contribution < 1.29 is 4.79 Å². The molecule has 0 saturated carbocycles. The van der Waals surface area contributed by atoms with E-state index in [2.05, 4.69) is 34.0 Å². The average molecular weight is 285 g/mol. The second-order valence-corrected chi connectivity index (χ2v) is 4.66. The molecule has 0 amide bonds. The highest BCUT2D eigenvalue weighted by Crippen LogP contribution is 2.18. The van der Waals surface area contributed by atoms with Crippen molar-refractivity contribution in [2.75, 3.05) is 31.5 Å². The highest BCUT2D eigenvalue weighted by molar-refractivity contribution is 6.32. The number of rotatable bonds is 8. The molecule has 1 aromatic heterocycles. The molecule has 0 fully saturated rings. The number of nitrogens with zero attached hydrogens (tertiary/aromatic N) is 3. The minimum Gasteiger partial charge on any atom is -0.368 e. The van der Waals surface area contributed by atoms with E-state index >= 15 is 0 Å². The number of carbonyl (C=O) groups excluding carboxylic acids is 1. The first-order valence-corrected chi connectivity index (χ1v) is 6.95. The van der Waals surface area contributed by atoms with Gasteiger partial charge in [0.05, 0.1) is 5.56 Å². The number of aldehydes is 1. The second kappa shape index (κ2) is 8.07. The molecule has 19 heavy (non-hydrogen) atoms. The molecule has 6 heteroatoms. The molecule has 0 saturated heterocycles. The maximum absolute atomic E-state index is 11.0. The molecule has 0 radical (unpaired) electrons. The lowest BCUT2D eigenvalue weighted by atomic mass is 10.3. The molecule has 0 spiro atoms. The zero-order chi connectivity index (χ0) is 14.3. The number of aromatic nitrogens is 2. The summed E-state index contributed by atoms with van der Waals surface area (Å²) >= 11 is 5.92. The summed E-state index contributed by atoms with van der Waals surface area (Å²) < 4.78 is 0. The van der Waals surface area contributed by atoms with Crippen molar-refractivity contribution >= 4 is 23.7 Å². The molecule has 1 N–H and O–H groups in total. The first kappa shape index (κ1) is 15.9. The molecule has 1 aromatic rings. The summed E-state index contributed by atoms with van der Waals surface area (Å²) in [6, 6.07) is 0. The van der Waals surface area contributed by atoms with Crippen LogP contribution in [0.3, 0.4) is 0 Å². The van der Waals surface area contributed by atoms with Gasteiger partial charge in [0.2, 0.25) is 0 Å². The summed E-state index contributed by atoms with van der Waals surface area (Å²) in [6.07, 6.45) is 1.82. The van der Waals surface area contributed by atoms with Crippen molar-refractivity contribution in [1.29, 1.82) is 0 Å². The van der Waals surface area contributed by atoms with Crippen LogP contribution in [0, 0.1) is 6.92 Å². The van der Waals surface area contributed by atoms with Crippen LogP contribution in [0.5, 0.6) is 0 Å². The van der Waals surface area contributed by atoms with Crippen LogP contribution in [0.2, 0.25) is 5.15 Å². The SMILES string of the molecule is CCCN(CC)CCNc1nc(C)nc(Cl)c1C=O. The van der Waals surface area contributed by atoms with Gasteiger partial charge in [-0.15, -0.1) is 0 Å². The number of nitrogens with one attached hydrogen (secondary N) is 1. The number of hydrogen-bond donors (Lipinski definition) is 1. The Morgan fingerprint density at radius 2 is 2.05 bits per heavy atom. The summed E-state index contributed by atoms with van der Waals surface area (Å²) in [5, 5.41) is 3.36. The highest BCUT2D eigenvalue weighted by Gasteiger charge is 2.10. The smallest absolute Gasteiger partial charge is 0.156 e. The Morgan fingerprint density at radius 3 is 2.63 bits per heavy atom. The number of likely N-dealkylation sites (N-methyl/N-ethyl adjacent to an activating group) is 1. The lowest BCUT2D eigenvalue weighted by molar-refractivity contribution is 0.112. The van der Waals surface area contributed by atoms with E-state index in [0.29, 0.717) is 23.5 Å². The van der Waals surface area contributed by atoms with E-state index in [1.807, 2.05) is 0 Å². The van der Waals surface area contributed by atoms with Gasteiger partial charge in [-0.1, -0.05) is 25.4 Å². The molecular weight excluding hydrogens is 264 g/mol. The van der Waals surface area contributed by atoms with Crippen molar-refractivity contribution in [3.05, 3.63) is 16.5 Å². The van der Waals surface area contributed by atoms with E-state index in [4.69, 9.17) is 11.6 Å². The zero-order valence-electron chi connectivity index (χ0n) is 11.7. The Bertz CT molecular complexity index is 425. The van der Waals surface area contributed by atoms with E-state index in [9.17, 15) is 4.79 Å². The molecule has 1 rings (SSSR count). The summed E-state index contributed by atoms with van der Waals surface area (Å²) in [6.45, 7) is 9.76. The first-order valence-electron chi connectivity index (χ1n) is 6.57. The van der Waals surface area contributed by atoms with Crippen LogP contribution < -0.4 is 5.32 Å². The van der Waals surface area contributed by atoms with Crippen LogP contribution in [0.1, 0.15) is 36.5 Å². The number of anilines is 1. The van der Waals surface area contributed by atoms with E-state index in [1.165, 1.54) is 0 Å². The van der Waals surface area contributed by atoms with E-state index in [1.54, 1.807) is 6.92 Å². The second-order valence-electron chi connectivity index (χ2n) is 4.30. The minimum absolute atomic E-state index is 0.200. The predicted octanol–water partition coefficient (Wildman–Crippen LogP) is 2.39. The molecule has 0 aromatic carbocycles. The molecule has 0 bridgehead atoms. The van der Waals surface area contributed by atoms with Crippen molar-refractivity contribution in [3.8, 4) is 0 Å². The summed E-state index contributed by atoms with van der Waals surface area (Å²) in [5.41, 5.74) is 0.325. The van der Waals surface area contributed by atoms with Crippen LogP contribution in [-0.4, -0.2) is 47.3 Å². The quantitative estimate of drug-likeness (QED) is 0.587. The van der Waals surface area contributed by atoms with Gasteiger partial charge in [-0.05, 0) is 26.4 Å². The lowest BCUT2D eigenvalue weighted by Gasteiger charge is -2.20. The fourth-order valence-corrected chi connectivity index (χ4v) is 2.12. The molecular formula is C13H21ClN4O. The van der Waals surface area contributed by atoms with Crippen molar-refractivity contribution in [3.63, 3.8) is 0 Å². The van der Waals surface area contributed by atoms with E-state index in [-0.39, 0.29) is 5.15 Å². The zero-order valence-corrected chi connectivity index (χ0v) is 12.5. The first-order chi connectivity index (χ1) is 9.12. The topological polar surface area (TPSA) is 58.1 Å². The summed E-state index contributed by atoms with van der Waals surface area (Å²) in [7, 11) is 0. The fourth-order valence-electron chi connectivity index (χ4n) is 1.86. The molecule has 0 aliphatic carbocycles. The van der Waals surface area contributed by atoms with Gasteiger partial charge >= 0.3 is 0 Å². The Kier molecular flexibility index (Phi) is 6.73. The van der Waals surface area contributed by atoms with Gasteiger partial charge in [0, 0.05) is 13.1 Å². The monoisotopic (exact) mass is 284 g/mol. The van der Waals surface area contributed by atoms with Gasteiger partial charge in [-0.25, -0.2) is 9.97 Å². The van der Waals surface area contributed by atoms with Crippen LogP contribution in [-0.2, 0) is 0 Å². The highest BCUT2D eigenvalue weighted by atomic mass is 35.5. The Morgan fingerprint density at radius 1 is 1.32 bits per heavy atom. The number of aryl methyl sites for hydroxylation is 1. The number of halogens is 1. The van der Waals surface area contributed by atoms with Crippen molar-refractivity contribution in [2.24, 2.45) is 0 Å². The normalized spacial score (nSPS) is 10.8. The third-order valence-electron chi connectivity index (χ3n) is 2.84. The molecule has 0 atom stereocenters. The van der Waals surface area contributed by atoms with E-state index < -0.39 is 0 Å². The molecule has 5 nitrogen and oxygen atoms in total. The van der Waals surface area contributed by atoms with Gasteiger partial charge in [-0.2, -0.15) is 0 Å². The minimum atomic E-state index is 0.200. The molecule has 0 unspecified atom stereocenters. The summed E-state index contributed by atoms with van der Waals surface area (Å²) in [4.78, 5) is 21.5. The molecule has 0 aliphatic heterocycles. The molecule has 1 heterocycles. The predicted molar refractivity (Wildman–Crippen MR) is 78.1 cm³/mol. The van der Waals surface area contributed by atoms with Gasteiger partial charge in [0.1, 0.15) is 16.8 Å². The van der Waals surface area contributed by atoms with Crippen LogP contribution in [0.4, 0.5) is 5.82 Å². The Hall–Kier alpha value is -1.20.